The molecule has 1 rings (SSSR count). The van der Waals surface area contributed by atoms with Crippen LogP contribution in [0.3, 0.4) is 0 Å². The Hall–Kier alpha value is -0.610. The fourth-order valence-corrected chi connectivity index (χ4v) is 1.00. The predicted molar refractivity (Wildman–Crippen MR) is 38.9 cm³/mol. The van der Waals surface area contributed by atoms with Gasteiger partial charge in [0, 0.05) is 19.0 Å². The number of nitrogens with zero attached hydrogens (tertiary/aromatic N) is 2. The van der Waals surface area contributed by atoms with E-state index in [1.807, 2.05) is 0 Å². The van der Waals surface area contributed by atoms with Gasteiger partial charge in [0.1, 0.15) is 7.11 Å². The van der Waals surface area contributed by atoms with E-state index in [4.69, 9.17) is 5.73 Å². The maximum absolute atomic E-state index is 5.46. The Balaban J connectivity index is 2.49. The summed E-state index contributed by atoms with van der Waals surface area (Å²) in [6, 6.07) is 0. The van der Waals surface area contributed by atoms with Crippen molar-refractivity contribution in [1.29, 1.82) is 0 Å². The van der Waals surface area contributed by atoms with Gasteiger partial charge in [-0.2, -0.15) is 0 Å². The van der Waals surface area contributed by atoms with Crippen LogP contribution >= 0.6 is 0 Å². The average Bonchev–Trinajstić information content (AvgIpc) is 2.36. The highest BCUT2D eigenvalue weighted by Crippen LogP contribution is 2.04. The second-order valence-corrected chi connectivity index (χ2v) is 2.26. The van der Waals surface area contributed by atoms with Gasteiger partial charge in [-0.25, -0.2) is 5.32 Å². The molecule has 1 aliphatic heterocycles. The van der Waals surface area contributed by atoms with Gasteiger partial charge in [-0.1, -0.05) is 5.16 Å². The third kappa shape index (κ3) is 1.46. The van der Waals surface area contributed by atoms with E-state index in [2.05, 4.69) is 15.3 Å². The average molecular weight is 142 g/mol. The Morgan fingerprint density at radius 1 is 1.90 bits per heavy atom. The number of nitrogens with two attached hydrogens (primary N) is 1. The molecule has 0 aromatic rings. The highest BCUT2D eigenvalue weighted by molar-refractivity contribution is 5.90. The van der Waals surface area contributed by atoms with E-state index in [1.54, 1.807) is 7.11 Å². The molecule has 1 unspecified atom stereocenters. The van der Waals surface area contributed by atoms with E-state index in [1.165, 1.54) is 0 Å². The maximum atomic E-state index is 5.46. The van der Waals surface area contributed by atoms with Crippen LogP contribution in [0.4, 0.5) is 0 Å². The van der Waals surface area contributed by atoms with Crippen molar-refractivity contribution in [3.05, 3.63) is 0 Å². The molecule has 1 radical (unpaired) electrons. The van der Waals surface area contributed by atoms with E-state index in [9.17, 15) is 0 Å². The Morgan fingerprint density at radius 2 is 2.70 bits per heavy atom. The first kappa shape index (κ1) is 7.50. The summed E-state index contributed by atoms with van der Waals surface area (Å²) in [6.45, 7) is 2.11. The van der Waals surface area contributed by atoms with Crippen LogP contribution in [-0.2, 0) is 4.84 Å². The van der Waals surface area contributed by atoms with E-state index in [-0.39, 0.29) is 0 Å². The Labute approximate surface area is 60.4 Å². The smallest absolute Gasteiger partial charge is 0.106 e. The summed E-state index contributed by atoms with van der Waals surface area (Å²) in [5, 5.41) is 7.96. The molecule has 0 aromatic carbocycles. The first-order chi connectivity index (χ1) is 4.88. The van der Waals surface area contributed by atoms with Crippen LogP contribution in [0.25, 0.3) is 0 Å². The molecule has 10 heavy (non-hydrogen) atoms. The van der Waals surface area contributed by atoms with Crippen LogP contribution in [0.1, 0.15) is 0 Å². The van der Waals surface area contributed by atoms with Crippen molar-refractivity contribution in [3.63, 3.8) is 0 Å². The summed E-state index contributed by atoms with van der Waals surface area (Å²) in [7, 11) is 1.54. The van der Waals surface area contributed by atoms with Crippen LogP contribution in [0, 0.1) is 5.92 Å². The second-order valence-electron chi connectivity index (χ2n) is 2.26. The molecule has 1 heterocycles. The Kier molecular flexibility index (Phi) is 2.65. The highest BCUT2D eigenvalue weighted by Gasteiger charge is 2.21. The molecule has 0 aliphatic carbocycles. The van der Waals surface area contributed by atoms with Gasteiger partial charge >= 0.3 is 0 Å². The van der Waals surface area contributed by atoms with Crippen molar-refractivity contribution in [2.75, 3.05) is 26.7 Å². The SMILES string of the molecule is CO/N=C1/C[N]CC1CN. The van der Waals surface area contributed by atoms with Gasteiger partial charge in [-0.3, -0.25) is 0 Å². The van der Waals surface area contributed by atoms with E-state index >= 15 is 0 Å². The standard InChI is InChI=1S/C6H12N3O/c1-10-9-6-4-8-3-5(6)2-7/h5H,2-4,7H2,1H3/b9-6-. The minimum atomic E-state index is 0.319. The van der Waals surface area contributed by atoms with Crippen LogP contribution in [0.15, 0.2) is 5.16 Å². The number of hydrogen-bond acceptors (Lipinski definition) is 3. The fraction of sp³-hybridized carbons (Fsp3) is 0.833. The minimum Gasteiger partial charge on any atom is -0.399 e. The molecule has 1 saturated heterocycles. The first-order valence-corrected chi connectivity index (χ1v) is 3.31. The van der Waals surface area contributed by atoms with Gasteiger partial charge in [0.2, 0.25) is 0 Å². The molecule has 1 aliphatic rings. The first-order valence-electron chi connectivity index (χ1n) is 3.31. The fourth-order valence-electron chi connectivity index (χ4n) is 1.00. The van der Waals surface area contributed by atoms with Crippen LogP contribution in [0.2, 0.25) is 0 Å². The molecule has 1 fully saturated rings. The molecule has 1 atom stereocenters. The normalized spacial score (nSPS) is 29.4. The number of hydrogen-bond donors (Lipinski definition) is 1. The number of rotatable bonds is 2. The largest absolute Gasteiger partial charge is 0.399 e. The van der Waals surface area contributed by atoms with Gasteiger partial charge in [0.25, 0.3) is 0 Å². The van der Waals surface area contributed by atoms with E-state index in [0.717, 1.165) is 12.3 Å². The highest BCUT2D eigenvalue weighted by atomic mass is 16.6. The van der Waals surface area contributed by atoms with Gasteiger partial charge in [0.15, 0.2) is 0 Å². The minimum absolute atomic E-state index is 0.319. The Bertz CT molecular complexity index is 135. The molecular weight excluding hydrogens is 130 g/mol. The number of oxime groups is 1. The summed E-state index contributed by atoms with van der Waals surface area (Å²) in [6.07, 6.45) is 0. The summed E-state index contributed by atoms with van der Waals surface area (Å²) >= 11 is 0. The molecule has 0 saturated carbocycles. The second kappa shape index (κ2) is 3.53. The van der Waals surface area contributed by atoms with Crippen LogP contribution in [-0.4, -0.2) is 32.5 Å². The van der Waals surface area contributed by atoms with Crippen molar-refractivity contribution in [3.8, 4) is 0 Å². The molecule has 2 N–H and O–H groups in total. The zero-order valence-corrected chi connectivity index (χ0v) is 6.08. The lowest BCUT2D eigenvalue weighted by atomic mass is 10.1. The topological polar surface area (TPSA) is 61.7 Å². The molecule has 0 spiro atoms. The van der Waals surface area contributed by atoms with Crippen LogP contribution < -0.4 is 11.1 Å². The lowest BCUT2D eigenvalue weighted by molar-refractivity contribution is 0.211. The molecule has 4 nitrogen and oxygen atoms in total. The summed E-state index contributed by atoms with van der Waals surface area (Å²) in [4.78, 5) is 4.63. The van der Waals surface area contributed by atoms with Crippen molar-refractivity contribution in [1.82, 2.24) is 5.32 Å². The summed E-state index contributed by atoms with van der Waals surface area (Å²) in [5.74, 6) is 0.319. The van der Waals surface area contributed by atoms with Crippen molar-refractivity contribution < 1.29 is 4.84 Å². The third-order valence-corrected chi connectivity index (χ3v) is 1.59. The zero-order chi connectivity index (χ0) is 7.40. The summed E-state index contributed by atoms with van der Waals surface area (Å²) in [5.41, 5.74) is 6.43. The zero-order valence-electron chi connectivity index (χ0n) is 6.08. The monoisotopic (exact) mass is 142 g/mol. The van der Waals surface area contributed by atoms with Gasteiger partial charge < -0.3 is 10.6 Å². The summed E-state index contributed by atoms with van der Waals surface area (Å²) < 4.78 is 0. The predicted octanol–water partition coefficient (Wildman–Crippen LogP) is -0.818. The van der Waals surface area contributed by atoms with Gasteiger partial charge in [-0.05, 0) is 0 Å². The third-order valence-electron chi connectivity index (χ3n) is 1.59. The van der Waals surface area contributed by atoms with Gasteiger partial charge in [-0.15, -0.1) is 0 Å². The van der Waals surface area contributed by atoms with E-state index < -0.39 is 0 Å². The van der Waals surface area contributed by atoms with Crippen molar-refractivity contribution in [2.45, 2.75) is 0 Å². The maximum Gasteiger partial charge on any atom is 0.106 e. The Morgan fingerprint density at radius 3 is 3.30 bits per heavy atom. The van der Waals surface area contributed by atoms with Gasteiger partial charge in [0.05, 0.1) is 12.3 Å². The lowest BCUT2D eigenvalue weighted by Gasteiger charge is -2.03. The van der Waals surface area contributed by atoms with Crippen molar-refractivity contribution in [2.24, 2.45) is 16.8 Å². The van der Waals surface area contributed by atoms with Crippen molar-refractivity contribution >= 4 is 5.71 Å². The lowest BCUT2D eigenvalue weighted by Crippen LogP contribution is -2.22. The molecule has 0 bridgehead atoms. The van der Waals surface area contributed by atoms with E-state index in [0.29, 0.717) is 19.0 Å². The molecule has 0 amide bonds. The molecule has 4 heteroatoms. The van der Waals surface area contributed by atoms with Crippen LogP contribution in [0.5, 0.6) is 0 Å². The molecule has 0 aromatic heterocycles. The molecule has 57 valence electrons. The quantitative estimate of drug-likeness (QED) is 0.512. The molecular formula is C6H12N3O.